The lowest BCUT2D eigenvalue weighted by Crippen LogP contribution is -2.53. The van der Waals surface area contributed by atoms with Crippen LogP contribution in [-0.2, 0) is 4.79 Å². The minimum atomic E-state index is -0.658. The molecule has 1 aromatic carbocycles. The van der Waals surface area contributed by atoms with Crippen molar-refractivity contribution in [3.63, 3.8) is 0 Å². The van der Waals surface area contributed by atoms with Gasteiger partial charge in [-0.15, -0.1) is 0 Å². The monoisotopic (exact) mass is 252 g/mol. The van der Waals surface area contributed by atoms with Crippen molar-refractivity contribution in [2.24, 2.45) is 0 Å². The van der Waals surface area contributed by atoms with E-state index in [1.165, 1.54) is 6.07 Å². The lowest BCUT2D eigenvalue weighted by Gasteiger charge is -2.27. The summed E-state index contributed by atoms with van der Waals surface area (Å²) in [6.45, 7) is 8.03. The third kappa shape index (κ3) is 3.53. The molecule has 0 radical (unpaired) electrons. The molecule has 3 nitrogen and oxygen atoms in total. The van der Waals surface area contributed by atoms with Crippen LogP contribution in [0.1, 0.15) is 39.3 Å². The highest BCUT2D eigenvalue weighted by Gasteiger charge is 2.27. The van der Waals surface area contributed by atoms with Crippen LogP contribution in [0.4, 0.5) is 4.39 Å². The van der Waals surface area contributed by atoms with Crippen LogP contribution in [0.2, 0.25) is 0 Å². The average molecular weight is 252 g/mol. The zero-order valence-corrected chi connectivity index (χ0v) is 11.4. The fraction of sp³-hybridized carbons (Fsp3) is 0.500. The zero-order valence-electron chi connectivity index (χ0n) is 11.4. The smallest absolute Gasteiger partial charge is 0.240 e. The Morgan fingerprint density at radius 1 is 1.39 bits per heavy atom. The molecule has 0 saturated heterocycles. The molecule has 0 aliphatic carbocycles. The normalized spacial score (nSPS) is 13.2. The van der Waals surface area contributed by atoms with E-state index in [2.05, 4.69) is 10.6 Å². The molecule has 1 amide bonds. The van der Waals surface area contributed by atoms with Gasteiger partial charge in [0.25, 0.3) is 0 Å². The summed E-state index contributed by atoms with van der Waals surface area (Å²) in [5, 5.41) is 5.91. The molecule has 0 aliphatic heterocycles. The summed E-state index contributed by atoms with van der Waals surface area (Å²) in [5.41, 5.74) is -0.160. The summed E-state index contributed by atoms with van der Waals surface area (Å²) in [6, 6.07) is 6.12. The summed E-state index contributed by atoms with van der Waals surface area (Å²) in [6.07, 6.45) is 0. The molecule has 1 unspecified atom stereocenters. The Morgan fingerprint density at radius 2 is 2.00 bits per heavy atom. The minimum absolute atomic E-state index is 0.139. The van der Waals surface area contributed by atoms with E-state index in [0.717, 1.165) is 0 Å². The van der Waals surface area contributed by atoms with Crippen LogP contribution in [0.15, 0.2) is 24.3 Å². The summed E-state index contributed by atoms with van der Waals surface area (Å²) in [7, 11) is 0. The molecule has 0 heterocycles. The van der Waals surface area contributed by atoms with E-state index >= 15 is 0 Å². The number of nitrogens with one attached hydrogen (secondary N) is 2. The first-order valence-electron chi connectivity index (χ1n) is 6.19. The number of likely N-dealkylation sites (N-methyl/N-ethyl adjacent to an activating group) is 1. The number of hydrogen-bond acceptors (Lipinski definition) is 2. The second-order valence-corrected chi connectivity index (χ2v) is 4.87. The number of rotatable bonds is 5. The summed E-state index contributed by atoms with van der Waals surface area (Å²) >= 11 is 0. The second kappa shape index (κ2) is 5.96. The standard InChI is InChI=1S/C14H21FN2O/c1-5-16-14(3,4)13(18)17-10(2)11-8-6-7-9-12(11)15/h6-10,16H,5H2,1-4H3,(H,17,18). The van der Waals surface area contributed by atoms with Gasteiger partial charge in [-0.25, -0.2) is 4.39 Å². The highest BCUT2D eigenvalue weighted by molar-refractivity contribution is 5.85. The first-order valence-corrected chi connectivity index (χ1v) is 6.19. The lowest BCUT2D eigenvalue weighted by atomic mass is 10.0. The maximum Gasteiger partial charge on any atom is 0.240 e. The van der Waals surface area contributed by atoms with E-state index in [-0.39, 0.29) is 17.8 Å². The second-order valence-electron chi connectivity index (χ2n) is 4.87. The Kier molecular flexibility index (Phi) is 4.84. The first-order chi connectivity index (χ1) is 8.38. The van der Waals surface area contributed by atoms with Crippen LogP contribution in [0.25, 0.3) is 0 Å². The van der Waals surface area contributed by atoms with Gasteiger partial charge in [0.05, 0.1) is 11.6 Å². The minimum Gasteiger partial charge on any atom is -0.348 e. The maximum atomic E-state index is 13.6. The molecule has 0 saturated carbocycles. The van der Waals surface area contributed by atoms with Gasteiger partial charge in [-0.1, -0.05) is 25.1 Å². The molecule has 0 spiro atoms. The number of carbonyl (C=O) groups excluding carboxylic acids is 1. The highest BCUT2D eigenvalue weighted by atomic mass is 19.1. The predicted octanol–water partition coefficient (Wildman–Crippen LogP) is 2.39. The molecule has 1 atom stereocenters. The Balaban J connectivity index is 2.74. The first kappa shape index (κ1) is 14.6. The number of halogens is 1. The van der Waals surface area contributed by atoms with E-state index in [9.17, 15) is 9.18 Å². The van der Waals surface area contributed by atoms with E-state index in [1.807, 2.05) is 6.92 Å². The van der Waals surface area contributed by atoms with Gasteiger partial charge in [-0.3, -0.25) is 4.79 Å². The fourth-order valence-corrected chi connectivity index (χ4v) is 1.80. The fourth-order valence-electron chi connectivity index (χ4n) is 1.80. The van der Waals surface area contributed by atoms with Gasteiger partial charge in [0.15, 0.2) is 0 Å². The molecular weight excluding hydrogens is 231 g/mol. The number of benzene rings is 1. The molecular formula is C14H21FN2O. The molecule has 0 bridgehead atoms. The Morgan fingerprint density at radius 3 is 2.56 bits per heavy atom. The van der Waals surface area contributed by atoms with E-state index in [0.29, 0.717) is 12.1 Å². The van der Waals surface area contributed by atoms with Crippen molar-refractivity contribution in [1.82, 2.24) is 10.6 Å². The SMILES string of the molecule is CCNC(C)(C)C(=O)NC(C)c1ccccc1F. The van der Waals surface area contributed by atoms with Crippen LogP contribution >= 0.6 is 0 Å². The van der Waals surface area contributed by atoms with Crippen LogP contribution in [0, 0.1) is 5.82 Å². The van der Waals surface area contributed by atoms with Crippen molar-refractivity contribution < 1.29 is 9.18 Å². The summed E-state index contributed by atoms with van der Waals surface area (Å²) < 4.78 is 13.6. The maximum absolute atomic E-state index is 13.6. The predicted molar refractivity (Wildman–Crippen MR) is 70.7 cm³/mol. The van der Waals surface area contributed by atoms with Gasteiger partial charge in [-0.2, -0.15) is 0 Å². The molecule has 18 heavy (non-hydrogen) atoms. The Bertz CT molecular complexity index is 418. The van der Waals surface area contributed by atoms with Crippen LogP contribution in [-0.4, -0.2) is 18.0 Å². The molecule has 2 N–H and O–H groups in total. The van der Waals surface area contributed by atoms with Crippen molar-refractivity contribution >= 4 is 5.91 Å². The summed E-state index contributed by atoms with van der Waals surface area (Å²) in [5.74, 6) is -0.438. The largest absolute Gasteiger partial charge is 0.348 e. The van der Waals surface area contributed by atoms with Crippen molar-refractivity contribution in [1.29, 1.82) is 0 Å². The molecule has 1 rings (SSSR count). The number of hydrogen-bond donors (Lipinski definition) is 2. The molecule has 4 heteroatoms. The quantitative estimate of drug-likeness (QED) is 0.845. The van der Waals surface area contributed by atoms with Crippen molar-refractivity contribution in [2.75, 3.05) is 6.54 Å². The van der Waals surface area contributed by atoms with Gasteiger partial charge in [0.1, 0.15) is 5.82 Å². The molecule has 1 aromatic rings. The molecule has 0 aliphatic rings. The van der Waals surface area contributed by atoms with Gasteiger partial charge >= 0.3 is 0 Å². The van der Waals surface area contributed by atoms with E-state index in [4.69, 9.17) is 0 Å². The topological polar surface area (TPSA) is 41.1 Å². The van der Waals surface area contributed by atoms with Crippen LogP contribution < -0.4 is 10.6 Å². The third-order valence-corrected chi connectivity index (χ3v) is 2.91. The highest BCUT2D eigenvalue weighted by Crippen LogP contribution is 2.17. The van der Waals surface area contributed by atoms with Crippen LogP contribution in [0.5, 0.6) is 0 Å². The van der Waals surface area contributed by atoms with E-state index < -0.39 is 5.54 Å². The summed E-state index contributed by atoms with van der Waals surface area (Å²) in [4.78, 5) is 12.1. The third-order valence-electron chi connectivity index (χ3n) is 2.91. The Hall–Kier alpha value is -1.42. The van der Waals surface area contributed by atoms with Gasteiger partial charge in [0, 0.05) is 5.56 Å². The Labute approximate surface area is 108 Å². The molecule has 100 valence electrons. The lowest BCUT2D eigenvalue weighted by molar-refractivity contribution is -0.127. The van der Waals surface area contributed by atoms with Gasteiger partial charge in [0.2, 0.25) is 5.91 Å². The van der Waals surface area contributed by atoms with Crippen molar-refractivity contribution in [2.45, 2.75) is 39.3 Å². The molecule has 0 fully saturated rings. The number of amides is 1. The van der Waals surface area contributed by atoms with Gasteiger partial charge in [-0.05, 0) is 33.4 Å². The molecule has 0 aromatic heterocycles. The van der Waals surface area contributed by atoms with Crippen molar-refractivity contribution in [3.05, 3.63) is 35.6 Å². The average Bonchev–Trinajstić information content (AvgIpc) is 2.29. The zero-order chi connectivity index (χ0) is 13.8. The van der Waals surface area contributed by atoms with Crippen LogP contribution in [0.3, 0.4) is 0 Å². The van der Waals surface area contributed by atoms with Crippen molar-refractivity contribution in [3.8, 4) is 0 Å². The number of carbonyl (C=O) groups is 1. The van der Waals surface area contributed by atoms with Gasteiger partial charge < -0.3 is 10.6 Å². The van der Waals surface area contributed by atoms with E-state index in [1.54, 1.807) is 39.0 Å².